The molecule has 2 aromatic rings. The van der Waals surface area contributed by atoms with Crippen LogP contribution in [0, 0.1) is 9.39 Å². The maximum Gasteiger partial charge on any atom is 0.123 e. The average Bonchev–Trinajstić information content (AvgIpc) is 2.28. The first-order chi connectivity index (χ1) is 8.38. The molecule has 2 aromatic carbocycles. The Labute approximate surface area is 122 Å². The van der Waals surface area contributed by atoms with E-state index >= 15 is 0 Å². The lowest BCUT2D eigenvalue weighted by Gasteiger charge is -2.18. The molecule has 0 aliphatic heterocycles. The second-order valence-electron chi connectivity index (χ2n) is 5.45. The Morgan fingerprint density at radius 2 is 1.44 bits per heavy atom. The summed E-state index contributed by atoms with van der Waals surface area (Å²) in [6.07, 6.45) is 0. The highest BCUT2D eigenvalue weighted by molar-refractivity contribution is 14.1. The quantitative estimate of drug-likeness (QED) is 0.534. The van der Waals surface area contributed by atoms with E-state index in [2.05, 4.69) is 42.2 Å². The van der Waals surface area contributed by atoms with Crippen molar-refractivity contribution >= 4 is 35.9 Å². The molecular formula is C15H16FISi. The summed E-state index contributed by atoms with van der Waals surface area (Å²) < 4.78 is 15.3. The van der Waals surface area contributed by atoms with Crippen LogP contribution in [0.3, 0.4) is 0 Å². The fourth-order valence-electron chi connectivity index (χ4n) is 1.95. The molecule has 0 nitrogen and oxygen atoms in total. The van der Waals surface area contributed by atoms with Crippen molar-refractivity contribution in [1.29, 1.82) is 0 Å². The predicted octanol–water partition coefficient (Wildman–Crippen LogP) is 4.64. The summed E-state index contributed by atoms with van der Waals surface area (Å²) in [5.41, 5.74) is 2.02. The van der Waals surface area contributed by atoms with Gasteiger partial charge in [-0.25, -0.2) is 4.39 Å². The fourth-order valence-corrected chi connectivity index (χ4v) is 3.68. The first kappa shape index (κ1) is 13.7. The zero-order chi connectivity index (χ0) is 13.3. The smallest absolute Gasteiger partial charge is 0.123 e. The van der Waals surface area contributed by atoms with Gasteiger partial charge in [0.05, 0.1) is 8.07 Å². The van der Waals surface area contributed by atoms with Crippen molar-refractivity contribution in [3.05, 3.63) is 51.9 Å². The fraction of sp³-hybridized carbons (Fsp3) is 0.200. The van der Waals surface area contributed by atoms with Crippen LogP contribution in [-0.4, -0.2) is 8.07 Å². The SMILES string of the molecule is C[Si](C)(C)c1ccc(-c2ccc(I)cc2)cc1F. The second kappa shape index (κ2) is 5.13. The van der Waals surface area contributed by atoms with Gasteiger partial charge < -0.3 is 0 Å². The molecule has 0 saturated carbocycles. The highest BCUT2D eigenvalue weighted by atomic mass is 127. The third kappa shape index (κ3) is 3.01. The van der Waals surface area contributed by atoms with Crippen LogP contribution in [0.2, 0.25) is 19.6 Å². The van der Waals surface area contributed by atoms with Gasteiger partial charge in [-0.3, -0.25) is 0 Å². The van der Waals surface area contributed by atoms with E-state index in [0.717, 1.165) is 16.3 Å². The van der Waals surface area contributed by atoms with Gasteiger partial charge in [-0.2, -0.15) is 0 Å². The van der Waals surface area contributed by atoms with Crippen molar-refractivity contribution < 1.29 is 4.39 Å². The molecule has 0 amide bonds. The van der Waals surface area contributed by atoms with Gasteiger partial charge in [0.1, 0.15) is 5.82 Å². The highest BCUT2D eigenvalue weighted by Crippen LogP contribution is 2.21. The summed E-state index contributed by atoms with van der Waals surface area (Å²) in [4.78, 5) is 0. The third-order valence-corrected chi connectivity index (χ3v) is 5.70. The average molecular weight is 370 g/mol. The predicted molar refractivity (Wildman–Crippen MR) is 87.5 cm³/mol. The third-order valence-electron chi connectivity index (χ3n) is 2.95. The molecule has 2 rings (SSSR count). The Morgan fingerprint density at radius 3 is 1.94 bits per heavy atom. The zero-order valence-corrected chi connectivity index (χ0v) is 14.0. The molecule has 3 heteroatoms. The molecule has 0 N–H and O–H groups in total. The van der Waals surface area contributed by atoms with Gasteiger partial charge in [0.15, 0.2) is 0 Å². The molecule has 0 spiro atoms. The molecule has 0 aliphatic rings. The van der Waals surface area contributed by atoms with E-state index in [-0.39, 0.29) is 5.82 Å². The van der Waals surface area contributed by atoms with Gasteiger partial charge in [-0.05, 0) is 57.1 Å². The highest BCUT2D eigenvalue weighted by Gasteiger charge is 2.20. The normalized spacial score (nSPS) is 11.6. The van der Waals surface area contributed by atoms with E-state index < -0.39 is 8.07 Å². The molecule has 0 fully saturated rings. The molecule has 0 saturated heterocycles. The number of benzene rings is 2. The summed E-state index contributed by atoms with van der Waals surface area (Å²) in [7, 11) is -1.59. The van der Waals surface area contributed by atoms with Crippen molar-refractivity contribution in [3.63, 3.8) is 0 Å². The van der Waals surface area contributed by atoms with E-state index in [4.69, 9.17) is 0 Å². The van der Waals surface area contributed by atoms with E-state index in [1.165, 1.54) is 3.57 Å². The van der Waals surface area contributed by atoms with Gasteiger partial charge in [0, 0.05) is 3.57 Å². The summed E-state index contributed by atoms with van der Waals surface area (Å²) >= 11 is 2.27. The number of hydrogen-bond acceptors (Lipinski definition) is 0. The van der Waals surface area contributed by atoms with Crippen molar-refractivity contribution in [2.24, 2.45) is 0 Å². The van der Waals surface area contributed by atoms with Crippen LogP contribution in [0.4, 0.5) is 4.39 Å². The summed E-state index contributed by atoms with van der Waals surface area (Å²) in [5.74, 6) is -0.0646. The lowest BCUT2D eigenvalue weighted by atomic mass is 10.1. The summed E-state index contributed by atoms with van der Waals surface area (Å²) in [6.45, 7) is 6.49. The first-order valence-electron chi connectivity index (χ1n) is 5.94. The van der Waals surface area contributed by atoms with Gasteiger partial charge in [0.25, 0.3) is 0 Å². The van der Waals surface area contributed by atoms with Gasteiger partial charge in [-0.1, -0.05) is 43.9 Å². The number of halogens is 2. The van der Waals surface area contributed by atoms with E-state index in [0.29, 0.717) is 0 Å². The Kier molecular flexibility index (Phi) is 3.92. The minimum Gasteiger partial charge on any atom is -0.207 e. The Morgan fingerprint density at radius 1 is 0.889 bits per heavy atom. The van der Waals surface area contributed by atoms with Crippen LogP contribution in [0.5, 0.6) is 0 Å². The van der Waals surface area contributed by atoms with Crippen LogP contribution in [-0.2, 0) is 0 Å². The molecule has 94 valence electrons. The molecule has 0 unspecified atom stereocenters. The second-order valence-corrected chi connectivity index (χ2v) is 11.7. The van der Waals surface area contributed by atoms with Crippen LogP contribution >= 0.6 is 22.6 Å². The molecule has 0 atom stereocenters. The standard InChI is InChI=1S/C15H16FISi/c1-18(2,3)15-9-6-12(10-14(15)16)11-4-7-13(17)8-5-11/h4-10H,1-3H3. The lowest BCUT2D eigenvalue weighted by Crippen LogP contribution is -2.39. The molecule has 0 aliphatic carbocycles. The van der Waals surface area contributed by atoms with Gasteiger partial charge in [-0.15, -0.1) is 0 Å². The van der Waals surface area contributed by atoms with Crippen molar-refractivity contribution in [1.82, 2.24) is 0 Å². The Bertz CT molecular complexity index is 556. The Hall–Kier alpha value is -0.683. The molecular weight excluding hydrogens is 354 g/mol. The summed E-state index contributed by atoms with van der Waals surface area (Å²) in [5, 5.41) is 0.900. The summed E-state index contributed by atoms with van der Waals surface area (Å²) in [6, 6.07) is 13.8. The van der Waals surface area contributed by atoms with E-state index in [9.17, 15) is 4.39 Å². The zero-order valence-electron chi connectivity index (χ0n) is 10.8. The van der Waals surface area contributed by atoms with E-state index in [1.807, 2.05) is 36.4 Å². The largest absolute Gasteiger partial charge is 0.207 e. The minimum absolute atomic E-state index is 0.0646. The van der Waals surface area contributed by atoms with Gasteiger partial charge in [0.2, 0.25) is 0 Å². The molecule has 0 bridgehead atoms. The van der Waals surface area contributed by atoms with Crippen molar-refractivity contribution in [2.45, 2.75) is 19.6 Å². The monoisotopic (exact) mass is 370 g/mol. The minimum atomic E-state index is -1.59. The van der Waals surface area contributed by atoms with Gasteiger partial charge >= 0.3 is 0 Å². The maximum absolute atomic E-state index is 14.1. The Balaban J connectivity index is 2.43. The maximum atomic E-state index is 14.1. The first-order valence-corrected chi connectivity index (χ1v) is 10.5. The number of hydrogen-bond donors (Lipinski definition) is 0. The molecule has 18 heavy (non-hydrogen) atoms. The van der Waals surface area contributed by atoms with Crippen LogP contribution in [0.25, 0.3) is 11.1 Å². The molecule has 0 radical (unpaired) electrons. The van der Waals surface area contributed by atoms with Crippen molar-refractivity contribution in [3.8, 4) is 11.1 Å². The van der Waals surface area contributed by atoms with Crippen LogP contribution in [0.15, 0.2) is 42.5 Å². The van der Waals surface area contributed by atoms with E-state index in [1.54, 1.807) is 6.07 Å². The molecule has 0 heterocycles. The van der Waals surface area contributed by atoms with Crippen LogP contribution in [0.1, 0.15) is 0 Å². The molecule has 0 aromatic heterocycles. The topological polar surface area (TPSA) is 0 Å². The van der Waals surface area contributed by atoms with Crippen molar-refractivity contribution in [2.75, 3.05) is 0 Å². The van der Waals surface area contributed by atoms with Crippen LogP contribution < -0.4 is 5.19 Å². The lowest BCUT2D eigenvalue weighted by molar-refractivity contribution is 0.635. The number of rotatable bonds is 2.